The Balaban J connectivity index is 1.75. The van der Waals surface area contributed by atoms with Crippen molar-refractivity contribution in [2.24, 2.45) is 0 Å². The van der Waals surface area contributed by atoms with E-state index in [0.29, 0.717) is 10.8 Å². The molecule has 0 spiro atoms. The highest BCUT2D eigenvalue weighted by atomic mass is 35.5. The van der Waals surface area contributed by atoms with Gasteiger partial charge in [-0.25, -0.2) is 0 Å². The minimum absolute atomic E-state index is 0.00950. The van der Waals surface area contributed by atoms with Crippen LogP contribution in [0, 0.1) is 6.92 Å². The quantitative estimate of drug-likeness (QED) is 0.825. The van der Waals surface area contributed by atoms with Crippen LogP contribution >= 0.6 is 23.4 Å². The number of aryl methyl sites for hydroxylation is 1. The molecule has 2 aromatic rings. The van der Waals surface area contributed by atoms with E-state index < -0.39 is 0 Å². The number of halogens is 1. The van der Waals surface area contributed by atoms with Crippen molar-refractivity contribution in [1.82, 2.24) is 5.32 Å². The lowest BCUT2D eigenvalue weighted by Crippen LogP contribution is -2.28. The number of benzene rings is 2. The van der Waals surface area contributed by atoms with E-state index in [1.807, 2.05) is 31.2 Å². The average Bonchev–Trinajstić information content (AvgIpc) is 2.50. The van der Waals surface area contributed by atoms with Crippen molar-refractivity contribution in [3.8, 4) is 0 Å². The van der Waals surface area contributed by atoms with Gasteiger partial charge in [-0.3, -0.25) is 4.79 Å². The number of hydrogen-bond donors (Lipinski definition) is 1. The predicted molar refractivity (Wildman–Crippen MR) is 95.4 cm³/mol. The molecule has 0 aliphatic heterocycles. The summed E-state index contributed by atoms with van der Waals surface area (Å²) in [4.78, 5) is 12.0. The first kappa shape index (κ1) is 16.9. The highest BCUT2D eigenvalue weighted by molar-refractivity contribution is 7.99. The maximum absolute atomic E-state index is 12.0. The van der Waals surface area contributed by atoms with Gasteiger partial charge in [0.25, 0.3) is 0 Å². The van der Waals surface area contributed by atoms with E-state index in [0.717, 1.165) is 11.3 Å². The molecule has 1 amide bonds. The minimum Gasteiger partial charge on any atom is -0.349 e. The Hall–Kier alpha value is -1.45. The summed E-state index contributed by atoms with van der Waals surface area (Å²) in [5.74, 6) is 1.37. The van der Waals surface area contributed by atoms with Crippen molar-refractivity contribution in [1.29, 1.82) is 0 Å². The van der Waals surface area contributed by atoms with Gasteiger partial charge < -0.3 is 5.32 Å². The summed E-state index contributed by atoms with van der Waals surface area (Å²) < 4.78 is 0. The first-order valence-corrected chi connectivity index (χ1v) is 8.76. The van der Waals surface area contributed by atoms with Crippen molar-refractivity contribution in [3.63, 3.8) is 0 Å². The van der Waals surface area contributed by atoms with Gasteiger partial charge in [-0.15, -0.1) is 11.8 Å². The second-order valence-electron chi connectivity index (χ2n) is 5.32. The lowest BCUT2D eigenvalue weighted by molar-refractivity contribution is -0.119. The molecule has 0 aliphatic rings. The molecule has 1 N–H and O–H groups in total. The summed E-state index contributed by atoms with van der Waals surface area (Å²) in [5, 5.41) is 3.71. The summed E-state index contributed by atoms with van der Waals surface area (Å²) in [6.45, 7) is 4.05. The molecule has 4 heteroatoms. The fourth-order valence-corrected chi connectivity index (χ4v) is 2.99. The number of nitrogens with one attached hydrogen (secondary N) is 1. The van der Waals surface area contributed by atoms with Crippen LogP contribution in [-0.2, 0) is 10.5 Å². The third-order valence-corrected chi connectivity index (χ3v) is 4.63. The monoisotopic (exact) mass is 333 g/mol. The Morgan fingerprint density at radius 2 is 1.77 bits per heavy atom. The van der Waals surface area contributed by atoms with Crippen LogP contribution < -0.4 is 5.32 Å². The fraction of sp³-hybridized carbons (Fsp3) is 0.278. The molecular formula is C18H20ClNOS. The van der Waals surface area contributed by atoms with Crippen LogP contribution in [0.25, 0.3) is 0 Å². The van der Waals surface area contributed by atoms with Gasteiger partial charge in [0.1, 0.15) is 0 Å². The summed E-state index contributed by atoms with van der Waals surface area (Å²) in [6.07, 6.45) is 0. The standard InChI is InChI=1S/C18H20ClNOS/c1-13-3-5-15(6-4-13)11-22-12-18(21)20-14(2)16-7-9-17(19)10-8-16/h3-10,14H,11-12H2,1-2H3,(H,20,21)/t14-/m1/s1. The third-order valence-electron chi connectivity index (χ3n) is 3.37. The average molecular weight is 334 g/mol. The third kappa shape index (κ3) is 5.39. The summed E-state index contributed by atoms with van der Waals surface area (Å²) in [7, 11) is 0. The molecule has 2 nitrogen and oxygen atoms in total. The van der Waals surface area contributed by atoms with Crippen LogP contribution in [0.2, 0.25) is 5.02 Å². The molecule has 0 heterocycles. The van der Waals surface area contributed by atoms with Crippen molar-refractivity contribution >= 4 is 29.3 Å². The topological polar surface area (TPSA) is 29.1 Å². The molecule has 22 heavy (non-hydrogen) atoms. The summed E-state index contributed by atoms with van der Waals surface area (Å²) >= 11 is 7.49. The van der Waals surface area contributed by atoms with Crippen LogP contribution in [0.4, 0.5) is 0 Å². The van der Waals surface area contributed by atoms with Crippen LogP contribution in [0.15, 0.2) is 48.5 Å². The SMILES string of the molecule is Cc1ccc(CSCC(=O)N[C@H](C)c2ccc(Cl)cc2)cc1. The Bertz CT molecular complexity index is 610. The second kappa shape index (κ2) is 8.25. The number of carbonyl (C=O) groups excluding carboxylic acids is 1. The Morgan fingerprint density at radius 3 is 2.41 bits per heavy atom. The maximum atomic E-state index is 12.0. The molecule has 116 valence electrons. The number of thioether (sulfide) groups is 1. The molecule has 0 unspecified atom stereocenters. The Labute approximate surface area is 141 Å². The molecule has 0 saturated carbocycles. The normalized spacial score (nSPS) is 12.0. The second-order valence-corrected chi connectivity index (χ2v) is 6.74. The molecule has 0 radical (unpaired) electrons. The van der Waals surface area contributed by atoms with Crippen molar-refractivity contribution in [3.05, 3.63) is 70.2 Å². The molecule has 1 atom stereocenters. The smallest absolute Gasteiger partial charge is 0.230 e. The molecule has 0 aliphatic carbocycles. The van der Waals surface area contributed by atoms with Crippen LogP contribution in [0.3, 0.4) is 0 Å². The maximum Gasteiger partial charge on any atom is 0.230 e. The highest BCUT2D eigenvalue weighted by Gasteiger charge is 2.09. The van der Waals surface area contributed by atoms with Crippen LogP contribution in [0.5, 0.6) is 0 Å². The predicted octanol–water partition coefficient (Wildman–Crippen LogP) is 4.76. The lowest BCUT2D eigenvalue weighted by atomic mass is 10.1. The summed E-state index contributed by atoms with van der Waals surface area (Å²) in [6, 6.07) is 15.9. The highest BCUT2D eigenvalue weighted by Crippen LogP contribution is 2.17. The zero-order chi connectivity index (χ0) is 15.9. The lowest BCUT2D eigenvalue weighted by Gasteiger charge is -2.14. The fourth-order valence-electron chi connectivity index (χ4n) is 2.06. The van der Waals surface area contributed by atoms with Gasteiger partial charge >= 0.3 is 0 Å². The number of rotatable bonds is 6. The number of amides is 1. The van der Waals surface area contributed by atoms with Gasteiger partial charge in [0.05, 0.1) is 11.8 Å². The van der Waals surface area contributed by atoms with E-state index in [-0.39, 0.29) is 11.9 Å². The van der Waals surface area contributed by atoms with Gasteiger partial charge in [-0.1, -0.05) is 53.6 Å². The van der Waals surface area contributed by atoms with Gasteiger partial charge in [0.2, 0.25) is 5.91 Å². The van der Waals surface area contributed by atoms with E-state index in [4.69, 9.17) is 11.6 Å². The molecule has 2 rings (SSSR count). The van der Waals surface area contributed by atoms with Gasteiger partial charge in [0.15, 0.2) is 0 Å². The van der Waals surface area contributed by atoms with E-state index >= 15 is 0 Å². The first-order valence-electron chi connectivity index (χ1n) is 7.22. The van der Waals surface area contributed by atoms with Crippen molar-refractivity contribution in [2.45, 2.75) is 25.6 Å². The van der Waals surface area contributed by atoms with Gasteiger partial charge in [-0.05, 0) is 37.1 Å². The molecule has 0 fully saturated rings. The van der Waals surface area contributed by atoms with Crippen molar-refractivity contribution in [2.75, 3.05) is 5.75 Å². The zero-order valence-corrected chi connectivity index (χ0v) is 14.4. The summed E-state index contributed by atoms with van der Waals surface area (Å²) in [5.41, 5.74) is 3.55. The Kier molecular flexibility index (Phi) is 6.34. The minimum atomic E-state index is -0.00950. The van der Waals surface area contributed by atoms with E-state index in [1.165, 1.54) is 11.1 Å². The first-order chi connectivity index (χ1) is 10.5. The number of hydrogen-bond acceptors (Lipinski definition) is 2. The van der Waals surface area contributed by atoms with Crippen LogP contribution in [-0.4, -0.2) is 11.7 Å². The van der Waals surface area contributed by atoms with E-state index in [9.17, 15) is 4.79 Å². The largest absolute Gasteiger partial charge is 0.349 e. The number of carbonyl (C=O) groups is 1. The zero-order valence-electron chi connectivity index (χ0n) is 12.8. The molecule has 0 aromatic heterocycles. The van der Waals surface area contributed by atoms with E-state index in [1.54, 1.807) is 11.8 Å². The van der Waals surface area contributed by atoms with Gasteiger partial charge in [0, 0.05) is 10.8 Å². The Morgan fingerprint density at radius 1 is 1.14 bits per heavy atom. The molecular weight excluding hydrogens is 314 g/mol. The molecule has 2 aromatic carbocycles. The molecule has 0 saturated heterocycles. The van der Waals surface area contributed by atoms with Crippen LogP contribution in [0.1, 0.15) is 29.7 Å². The van der Waals surface area contributed by atoms with Crippen molar-refractivity contribution < 1.29 is 4.79 Å². The van der Waals surface area contributed by atoms with E-state index in [2.05, 4.69) is 36.5 Å². The van der Waals surface area contributed by atoms with Gasteiger partial charge in [-0.2, -0.15) is 0 Å². The molecule has 0 bridgehead atoms.